The quantitative estimate of drug-likeness (QED) is 0.313. The van der Waals surface area contributed by atoms with E-state index in [0.29, 0.717) is 6.08 Å². The third-order valence-corrected chi connectivity index (χ3v) is 2.06. The normalized spacial score (nSPS) is 11.3. The Hall–Kier alpha value is -0.01000. The predicted octanol–water partition coefficient (Wildman–Crippen LogP) is -6.23. The number of aliphatic carboxylic acids is 2. The van der Waals surface area contributed by atoms with Crippen LogP contribution in [-0.2, 0) is 9.59 Å². The van der Waals surface area contributed by atoms with Crippen LogP contribution in [-0.4, -0.2) is 11.9 Å². The summed E-state index contributed by atoms with van der Waals surface area (Å²) in [6.07, 6.45) is 1.78. The van der Waals surface area contributed by atoms with Crippen LogP contribution < -0.4 is 69.3 Å². The minimum Gasteiger partial charge on any atom is -0.545 e. The summed E-state index contributed by atoms with van der Waals surface area (Å²) in [5, 5.41) is 21.2. The number of carbonyl (C=O) groups is 2. The third-order valence-electron chi connectivity index (χ3n) is 1.86. The van der Waals surface area contributed by atoms with Gasteiger partial charge in [0.15, 0.2) is 5.22 Å². The summed E-state index contributed by atoms with van der Waals surface area (Å²) < 4.78 is 4.93. The van der Waals surface area contributed by atoms with Gasteiger partial charge in [0.25, 0.3) is 0 Å². The molecule has 0 fully saturated rings. The average Bonchev–Trinajstić information content (AvgIpc) is 2.58. The molecule has 5 nitrogen and oxygen atoms in total. The van der Waals surface area contributed by atoms with Gasteiger partial charge in [-0.2, -0.15) is 0 Å². The molecule has 0 aliphatic rings. The molecule has 0 radical (unpaired) electrons. The molecule has 0 bridgehead atoms. The van der Waals surface area contributed by atoms with Gasteiger partial charge in [0.2, 0.25) is 0 Å². The smallest absolute Gasteiger partial charge is 0.545 e. The molecule has 19 heavy (non-hydrogen) atoms. The third kappa shape index (κ3) is 7.37. The minimum absolute atomic E-state index is 0. The van der Waals surface area contributed by atoms with E-state index >= 15 is 0 Å². The van der Waals surface area contributed by atoms with Crippen LogP contribution in [0, 0.1) is 0 Å². The molecule has 90 valence electrons. The number of carboxylic acid groups (broad SMARTS) is 2. The van der Waals surface area contributed by atoms with Crippen LogP contribution in [0.5, 0.6) is 0 Å². The van der Waals surface area contributed by atoms with Gasteiger partial charge in [0, 0.05) is 5.57 Å². The number of hydrogen-bond donors (Lipinski definition) is 0. The first-order valence-electron chi connectivity index (χ1n) is 4.48. The van der Waals surface area contributed by atoms with Crippen LogP contribution in [0.3, 0.4) is 0 Å². The van der Waals surface area contributed by atoms with Crippen molar-refractivity contribution in [2.75, 3.05) is 0 Å². The number of furan rings is 1. The fourth-order valence-corrected chi connectivity index (χ4v) is 1.29. The van der Waals surface area contributed by atoms with Crippen LogP contribution >= 0.6 is 11.6 Å². The minimum atomic E-state index is -1.52. The van der Waals surface area contributed by atoms with Crippen molar-refractivity contribution >= 4 is 29.6 Å². The zero-order valence-corrected chi connectivity index (χ0v) is 15.5. The Labute approximate surface area is 158 Å². The van der Waals surface area contributed by atoms with Crippen LogP contribution in [0.2, 0.25) is 5.22 Å². The van der Waals surface area contributed by atoms with Crippen LogP contribution in [0.15, 0.2) is 33.8 Å². The van der Waals surface area contributed by atoms with Crippen LogP contribution in [0.25, 0.3) is 6.08 Å². The zero-order chi connectivity index (χ0) is 13.0. The molecule has 0 saturated heterocycles. The molecule has 0 amide bonds. The second-order valence-corrected chi connectivity index (χ2v) is 3.51. The Balaban J connectivity index is 0. The van der Waals surface area contributed by atoms with E-state index in [1.807, 2.05) is 0 Å². The van der Waals surface area contributed by atoms with Gasteiger partial charge >= 0.3 is 59.1 Å². The fourth-order valence-electron chi connectivity index (χ4n) is 1.14. The Morgan fingerprint density at radius 1 is 1.26 bits per heavy atom. The molecule has 0 unspecified atom stereocenters. The fraction of sp³-hybridized carbons (Fsp3) is 0.0909. The summed E-state index contributed by atoms with van der Waals surface area (Å²) in [6, 6.07) is 2.87. The molecule has 8 heteroatoms. The Kier molecular flexibility index (Phi) is 11.0. The molecule has 0 N–H and O–H groups in total. The van der Waals surface area contributed by atoms with Gasteiger partial charge < -0.3 is 24.2 Å². The summed E-state index contributed by atoms with van der Waals surface area (Å²) >= 11 is 5.51. The molecule has 1 aromatic rings. The second kappa shape index (κ2) is 9.83. The molecule has 1 heterocycles. The van der Waals surface area contributed by atoms with Crippen molar-refractivity contribution in [1.82, 2.24) is 0 Å². The monoisotopic (exact) mass is 300 g/mol. The summed E-state index contributed by atoms with van der Waals surface area (Å²) in [5.41, 5.74) is -0.335. The van der Waals surface area contributed by atoms with E-state index < -0.39 is 11.9 Å². The molecule has 0 aliphatic heterocycles. The van der Waals surface area contributed by atoms with Crippen LogP contribution in [0.4, 0.5) is 0 Å². The van der Waals surface area contributed by atoms with Crippen molar-refractivity contribution in [1.29, 1.82) is 0 Å². The molecular formula is C11H7ClNa2O5. The van der Waals surface area contributed by atoms with Gasteiger partial charge in [-0.1, -0.05) is 0 Å². The second-order valence-electron chi connectivity index (χ2n) is 3.13. The van der Waals surface area contributed by atoms with Crippen molar-refractivity contribution in [2.24, 2.45) is 0 Å². The Morgan fingerprint density at radius 2 is 1.84 bits per heavy atom. The maximum atomic E-state index is 10.8. The first-order chi connectivity index (χ1) is 7.90. The number of carboxylic acids is 2. The first kappa shape index (κ1) is 21.3. The van der Waals surface area contributed by atoms with Gasteiger partial charge in [0.05, 0.1) is 11.9 Å². The van der Waals surface area contributed by atoms with E-state index in [2.05, 4.69) is 0 Å². The van der Waals surface area contributed by atoms with Gasteiger partial charge in [0.1, 0.15) is 5.76 Å². The van der Waals surface area contributed by atoms with Crippen molar-refractivity contribution in [3.63, 3.8) is 0 Å². The number of hydrogen-bond acceptors (Lipinski definition) is 5. The molecule has 0 saturated carbocycles. The van der Waals surface area contributed by atoms with Gasteiger partial charge in [-0.3, -0.25) is 0 Å². The summed E-state index contributed by atoms with van der Waals surface area (Å²) in [5.74, 6) is -2.83. The average molecular weight is 301 g/mol. The zero-order valence-electron chi connectivity index (χ0n) is 10.7. The van der Waals surface area contributed by atoms with E-state index in [4.69, 9.17) is 16.0 Å². The van der Waals surface area contributed by atoms with E-state index in [-0.39, 0.29) is 81.2 Å². The van der Waals surface area contributed by atoms with Gasteiger partial charge in [-0.25, -0.2) is 0 Å². The molecule has 0 spiro atoms. The largest absolute Gasteiger partial charge is 1.00 e. The molecule has 1 aromatic heterocycles. The van der Waals surface area contributed by atoms with Crippen molar-refractivity contribution in [3.05, 3.63) is 40.3 Å². The molecular weight excluding hydrogens is 294 g/mol. The topological polar surface area (TPSA) is 93.4 Å². The van der Waals surface area contributed by atoms with E-state index in [1.165, 1.54) is 19.1 Å². The number of halogens is 1. The van der Waals surface area contributed by atoms with Crippen molar-refractivity contribution in [2.45, 2.75) is 6.92 Å². The Bertz CT molecular complexity index is 519. The molecule has 1 rings (SSSR count). The maximum Gasteiger partial charge on any atom is 1.00 e. The van der Waals surface area contributed by atoms with Crippen LogP contribution in [0.1, 0.15) is 12.7 Å². The van der Waals surface area contributed by atoms with Gasteiger partial charge in [-0.05, 0) is 48.4 Å². The first-order valence-corrected chi connectivity index (χ1v) is 4.86. The summed E-state index contributed by atoms with van der Waals surface area (Å²) in [6.45, 7) is 1.31. The molecule has 0 atom stereocenters. The van der Waals surface area contributed by atoms with Gasteiger partial charge in [-0.15, -0.1) is 0 Å². The number of rotatable bonds is 4. The molecule has 0 aromatic carbocycles. The van der Waals surface area contributed by atoms with E-state index in [0.717, 1.165) is 6.08 Å². The van der Waals surface area contributed by atoms with E-state index in [9.17, 15) is 19.8 Å². The Morgan fingerprint density at radius 3 is 2.21 bits per heavy atom. The van der Waals surface area contributed by atoms with Crippen molar-refractivity contribution < 1.29 is 83.3 Å². The summed E-state index contributed by atoms with van der Waals surface area (Å²) in [7, 11) is 0. The number of carbonyl (C=O) groups excluding carboxylic acids is 2. The molecule has 0 aliphatic carbocycles. The summed E-state index contributed by atoms with van der Waals surface area (Å²) in [4.78, 5) is 21.1. The SMILES string of the molecule is CC(=C\C(=O)[O-])/C(=C\c1ccc(Cl)o1)C(=O)[O-].[Na+].[Na+]. The van der Waals surface area contributed by atoms with Crippen molar-refractivity contribution in [3.8, 4) is 0 Å². The predicted molar refractivity (Wildman–Crippen MR) is 55.5 cm³/mol. The maximum absolute atomic E-state index is 10.8. The van der Waals surface area contributed by atoms with E-state index in [1.54, 1.807) is 0 Å². The standard InChI is InChI=1S/C11H9ClO5.2Na/c1-6(4-10(13)14)8(11(15)16)5-7-2-3-9(12)17-7;;/h2-5H,1H3,(H,13,14)(H,15,16);;/q;2*+1/p-2/b6-4+,8-5+;;.